The summed E-state index contributed by atoms with van der Waals surface area (Å²) in [7, 11) is -2.96. The minimum Gasteiger partial charge on any atom is -0.465 e. The highest BCUT2D eigenvalue weighted by atomic mass is 35.5. The molecule has 0 aliphatic rings. The average molecular weight is 400 g/mol. The minimum absolute atomic E-state index is 0.0376. The molecule has 1 N–H and O–H groups in total. The lowest BCUT2D eigenvalue weighted by Crippen LogP contribution is -2.16. The van der Waals surface area contributed by atoms with Gasteiger partial charge in [-0.05, 0) is 24.3 Å². The largest absolute Gasteiger partial charge is 0.465 e. The Morgan fingerprint density at radius 2 is 1.96 bits per heavy atom. The number of methoxy groups -OCH3 is 1. The monoisotopic (exact) mass is 399 g/mol. The number of thiophene rings is 1. The van der Waals surface area contributed by atoms with Crippen LogP contribution in [0.1, 0.15) is 9.67 Å². The Bertz CT molecular complexity index is 1080. The minimum atomic E-state index is -4.13. The van der Waals surface area contributed by atoms with E-state index in [-0.39, 0.29) is 20.5 Å². The first-order valence-electron chi connectivity index (χ1n) is 6.91. The van der Waals surface area contributed by atoms with Gasteiger partial charge in [0.1, 0.15) is 15.6 Å². The van der Waals surface area contributed by atoms with Gasteiger partial charge in [-0.1, -0.05) is 29.8 Å². The van der Waals surface area contributed by atoms with Crippen molar-refractivity contribution in [3.8, 4) is 0 Å². The second-order valence-corrected chi connectivity index (χ2v) is 8.06. The first-order chi connectivity index (χ1) is 11.8. The van der Waals surface area contributed by atoms with Crippen LogP contribution in [0, 0.1) is 5.82 Å². The highest BCUT2D eigenvalue weighted by Crippen LogP contribution is 2.36. The van der Waals surface area contributed by atoms with E-state index in [4.69, 9.17) is 16.3 Å². The zero-order chi connectivity index (χ0) is 18.2. The van der Waals surface area contributed by atoms with Crippen LogP contribution < -0.4 is 4.72 Å². The van der Waals surface area contributed by atoms with Gasteiger partial charge in [0.2, 0.25) is 0 Å². The quantitative estimate of drug-likeness (QED) is 0.664. The second-order valence-electron chi connectivity index (χ2n) is 4.98. The van der Waals surface area contributed by atoms with Crippen LogP contribution in [0.3, 0.4) is 0 Å². The van der Waals surface area contributed by atoms with Crippen molar-refractivity contribution in [3.05, 3.63) is 58.2 Å². The van der Waals surface area contributed by atoms with Gasteiger partial charge >= 0.3 is 5.97 Å². The van der Waals surface area contributed by atoms with Gasteiger partial charge in [-0.2, -0.15) is 0 Å². The van der Waals surface area contributed by atoms with Crippen molar-refractivity contribution in [2.45, 2.75) is 4.90 Å². The second kappa shape index (κ2) is 6.62. The van der Waals surface area contributed by atoms with E-state index in [0.717, 1.165) is 23.5 Å². The number of nitrogens with one attached hydrogen (secondary N) is 1. The summed E-state index contributed by atoms with van der Waals surface area (Å²) in [5.74, 6) is -1.42. The van der Waals surface area contributed by atoms with Gasteiger partial charge in [-0.15, -0.1) is 11.3 Å². The molecule has 0 atom stereocenters. The molecule has 25 heavy (non-hydrogen) atoms. The number of carbonyl (C=O) groups is 1. The number of anilines is 1. The lowest BCUT2D eigenvalue weighted by molar-refractivity contribution is 0.0602. The fraction of sp³-hybridized carbons (Fsp3) is 0.0625. The van der Waals surface area contributed by atoms with Crippen LogP contribution >= 0.6 is 22.9 Å². The number of hydrogen-bond acceptors (Lipinski definition) is 5. The fourth-order valence-corrected chi connectivity index (χ4v) is 5.33. The molecule has 0 fully saturated rings. The summed E-state index contributed by atoms with van der Waals surface area (Å²) in [5.41, 5.74) is 0.0810. The summed E-state index contributed by atoms with van der Waals surface area (Å²) in [5, 5.41) is 0.178. The van der Waals surface area contributed by atoms with Crippen molar-refractivity contribution >= 4 is 54.7 Å². The van der Waals surface area contributed by atoms with Crippen molar-refractivity contribution in [1.29, 1.82) is 0 Å². The predicted octanol–water partition coefficient (Wildman–Crippen LogP) is 4.28. The van der Waals surface area contributed by atoms with E-state index in [0.29, 0.717) is 10.1 Å². The smallest absolute Gasteiger partial charge is 0.349 e. The first kappa shape index (κ1) is 17.7. The van der Waals surface area contributed by atoms with Crippen LogP contribution in [0.15, 0.2) is 47.4 Å². The highest BCUT2D eigenvalue weighted by molar-refractivity contribution is 7.93. The van der Waals surface area contributed by atoms with Crippen LogP contribution in [-0.2, 0) is 14.8 Å². The number of halogens is 2. The third-order valence-corrected chi connectivity index (χ3v) is 6.40. The number of esters is 1. The Hall–Kier alpha value is -2.16. The van der Waals surface area contributed by atoms with Crippen molar-refractivity contribution in [3.63, 3.8) is 0 Å². The standard InChI is InChI=1S/C16H11ClFNO4S2/c1-23-16(20)14-15(10-4-2-3-5-13(10)24-14)25(21,22)19-9-6-7-12(18)11(17)8-9/h2-8,19H,1H3. The summed E-state index contributed by atoms with van der Waals surface area (Å²) < 4.78 is 46.6. The molecule has 0 aliphatic carbocycles. The van der Waals surface area contributed by atoms with Crippen LogP contribution in [0.2, 0.25) is 5.02 Å². The number of sulfonamides is 1. The van der Waals surface area contributed by atoms with Gasteiger partial charge in [0, 0.05) is 10.1 Å². The maximum atomic E-state index is 13.3. The van der Waals surface area contributed by atoms with Gasteiger partial charge in [-0.3, -0.25) is 4.72 Å². The number of benzene rings is 2. The Labute approximate surface area is 152 Å². The van der Waals surface area contributed by atoms with Gasteiger partial charge in [0.15, 0.2) is 0 Å². The maximum absolute atomic E-state index is 13.3. The zero-order valence-electron chi connectivity index (χ0n) is 12.7. The van der Waals surface area contributed by atoms with Gasteiger partial charge < -0.3 is 4.74 Å². The summed E-state index contributed by atoms with van der Waals surface area (Å²) in [6.45, 7) is 0. The summed E-state index contributed by atoms with van der Waals surface area (Å²) >= 11 is 6.70. The summed E-state index contributed by atoms with van der Waals surface area (Å²) in [6.07, 6.45) is 0. The normalized spacial score (nSPS) is 11.5. The zero-order valence-corrected chi connectivity index (χ0v) is 15.1. The van der Waals surface area contributed by atoms with E-state index in [1.165, 1.54) is 13.2 Å². The lowest BCUT2D eigenvalue weighted by atomic mass is 10.2. The Morgan fingerprint density at radius 1 is 1.24 bits per heavy atom. The van der Waals surface area contributed by atoms with Gasteiger partial charge in [-0.25, -0.2) is 17.6 Å². The number of hydrogen-bond donors (Lipinski definition) is 1. The predicted molar refractivity (Wildman–Crippen MR) is 95.4 cm³/mol. The molecule has 0 bridgehead atoms. The molecule has 0 saturated carbocycles. The number of ether oxygens (including phenoxy) is 1. The molecule has 3 aromatic rings. The fourth-order valence-electron chi connectivity index (χ4n) is 2.28. The number of fused-ring (bicyclic) bond motifs is 1. The van der Waals surface area contributed by atoms with E-state index in [2.05, 4.69) is 4.72 Å². The summed E-state index contributed by atoms with van der Waals surface area (Å²) in [4.78, 5) is 11.8. The van der Waals surface area contributed by atoms with E-state index in [9.17, 15) is 17.6 Å². The third-order valence-electron chi connectivity index (χ3n) is 3.36. The van der Waals surface area contributed by atoms with Crippen molar-refractivity contribution in [1.82, 2.24) is 0 Å². The first-order valence-corrected chi connectivity index (χ1v) is 9.59. The van der Waals surface area contributed by atoms with Crippen molar-refractivity contribution < 1.29 is 22.3 Å². The molecule has 0 unspecified atom stereocenters. The SMILES string of the molecule is COC(=O)c1sc2ccccc2c1S(=O)(=O)Nc1ccc(F)c(Cl)c1. The topological polar surface area (TPSA) is 72.5 Å². The average Bonchev–Trinajstić information content (AvgIpc) is 2.97. The van der Waals surface area contributed by atoms with Gasteiger partial charge in [0.05, 0.1) is 17.8 Å². The van der Waals surface area contributed by atoms with E-state index < -0.39 is 21.8 Å². The van der Waals surface area contributed by atoms with Gasteiger partial charge in [0.25, 0.3) is 10.0 Å². The van der Waals surface area contributed by atoms with Crippen LogP contribution in [-0.4, -0.2) is 21.5 Å². The van der Waals surface area contributed by atoms with Crippen LogP contribution in [0.5, 0.6) is 0 Å². The lowest BCUT2D eigenvalue weighted by Gasteiger charge is -2.09. The Kier molecular flexibility index (Phi) is 4.68. The van der Waals surface area contributed by atoms with Crippen molar-refractivity contribution in [2.75, 3.05) is 11.8 Å². The molecule has 0 spiro atoms. The van der Waals surface area contributed by atoms with E-state index >= 15 is 0 Å². The molecule has 1 aromatic heterocycles. The molecule has 2 aromatic carbocycles. The molecule has 1 heterocycles. The molecule has 5 nitrogen and oxygen atoms in total. The molecule has 3 rings (SSSR count). The van der Waals surface area contributed by atoms with Crippen LogP contribution in [0.25, 0.3) is 10.1 Å². The molecule has 9 heteroatoms. The molecule has 0 radical (unpaired) electrons. The number of rotatable bonds is 4. The molecule has 0 aliphatic heterocycles. The summed E-state index contributed by atoms with van der Waals surface area (Å²) in [6, 6.07) is 10.2. The maximum Gasteiger partial charge on any atom is 0.349 e. The molecular weight excluding hydrogens is 389 g/mol. The van der Waals surface area contributed by atoms with E-state index in [1.54, 1.807) is 24.3 Å². The van der Waals surface area contributed by atoms with E-state index in [1.807, 2.05) is 0 Å². The highest BCUT2D eigenvalue weighted by Gasteiger charge is 2.29. The molecule has 0 amide bonds. The van der Waals surface area contributed by atoms with Crippen molar-refractivity contribution in [2.24, 2.45) is 0 Å². The molecular formula is C16H11ClFNO4S2. The third kappa shape index (κ3) is 3.33. The Balaban J connectivity index is 2.15. The number of carbonyl (C=O) groups excluding carboxylic acids is 1. The van der Waals surface area contributed by atoms with Crippen LogP contribution in [0.4, 0.5) is 10.1 Å². The molecule has 0 saturated heterocycles. The molecule has 130 valence electrons. The Morgan fingerprint density at radius 3 is 2.64 bits per heavy atom.